The molecule has 1 aromatic carbocycles. The third kappa shape index (κ3) is 4.97. The highest BCUT2D eigenvalue weighted by Crippen LogP contribution is 2.37. The van der Waals surface area contributed by atoms with Gasteiger partial charge in [-0.15, -0.1) is 0 Å². The van der Waals surface area contributed by atoms with Crippen LogP contribution in [0.1, 0.15) is 19.3 Å². The lowest BCUT2D eigenvalue weighted by atomic mass is 9.93. The molecule has 0 saturated carbocycles. The first-order valence-corrected chi connectivity index (χ1v) is 9.58. The van der Waals surface area contributed by atoms with Gasteiger partial charge in [-0.2, -0.15) is 9.97 Å². The molecular formula is C20H27N3O6. The predicted octanol–water partition coefficient (Wildman–Crippen LogP) is 2.36. The molecule has 1 saturated heterocycles. The maximum Gasteiger partial charge on any atom is 0.319 e. The Morgan fingerprint density at radius 2 is 1.79 bits per heavy atom. The fourth-order valence-corrected chi connectivity index (χ4v) is 3.54. The number of carboxylic acids is 1. The number of benzene rings is 1. The zero-order valence-electron chi connectivity index (χ0n) is 17.0. The standard InChI is InChI=1S/C20H27N3O6/c1-26-8-9-29-20-21-15-12-17(28-3)16(27-2)11-14(15)19(22-20)23-6-4-13(5-7-23)10-18(24)25/h11-13H,4-10H2,1-3H3,(H,24,25). The van der Waals surface area contributed by atoms with Crippen LogP contribution in [-0.2, 0) is 9.53 Å². The van der Waals surface area contributed by atoms with Crippen molar-refractivity contribution >= 4 is 22.7 Å². The molecule has 0 bridgehead atoms. The maximum absolute atomic E-state index is 11.0. The Hall–Kier alpha value is -2.81. The average Bonchev–Trinajstić information content (AvgIpc) is 2.72. The third-order valence-corrected chi connectivity index (χ3v) is 5.06. The van der Waals surface area contributed by atoms with E-state index in [-0.39, 0.29) is 18.3 Å². The first kappa shape index (κ1) is 20.9. The summed E-state index contributed by atoms with van der Waals surface area (Å²) in [4.78, 5) is 22.3. The number of hydrogen-bond donors (Lipinski definition) is 1. The molecule has 0 amide bonds. The van der Waals surface area contributed by atoms with Gasteiger partial charge >= 0.3 is 12.0 Å². The van der Waals surface area contributed by atoms with E-state index in [1.807, 2.05) is 6.07 Å². The fraction of sp³-hybridized carbons (Fsp3) is 0.550. The molecule has 158 valence electrons. The topological polar surface area (TPSA) is 103 Å². The van der Waals surface area contributed by atoms with Gasteiger partial charge in [0.2, 0.25) is 0 Å². The number of rotatable bonds is 9. The van der Waals surface area contributed by atoms with E-state index in [0.717, 1.165) is 37.1 Å². The zero-order valence-corrected chi connectivity index (χ0v) is 17.0. The maximum atomic E-state index is 11.0. The zero-order chi connectivity index (χ0) is 20.8. The van der Waals surface area contributed by atoms with E-state index in [1.165, 1.54) is 0 Å². The number of aromatic nitrogens is 2. The smallest absolute Gasteiger partial charge is 0.319 e. The van der Waals surface area contributed by atoms with Crippen molar-refractivity contribution in [3.8, 4) is 17.5 Å². The normalized spacial score (nSPS) is 14.8. The number of carbonyl (C=O) groups is 1. The Kier molecular flexibility index (Phi) is 6.92. The number of anilines is 1. The van der Waals surface area contributed by atoms with Gasteiger partial charge in [0.1, 0.15) is 12.4 Å². The van der Waals surface area contributed by atoms with Crippen molar-refractivity contribution in [2.75, 3.05) is 52.5 Å². The number of methoxy groups -OCH3 is 3. The van der Waals surface area contributed by atoms with Gasteiger partial charge in [-0.05, 0) is 24.8 Å². The largest absolute Gasteiger partial charge is 0.493 e. The molecule has 0 spiro atoms. The molecule has 1 N–H and O–H groups in total. The second kappa shape index (κ2) is 9.60. The second-order valence-electron chi connectivity index (χ2n) is 6.92. The van der Waals surface area contributed by atoms with Crippen molar-refractivity contribution in [1.29, 1.82) is 0 Å². The van der Waals surface area contributed by atoms with Crippen molar-refractivity contribution in [2.45, 2.75) is 19.3 Å². The molecule has 0 unspecified atom stereocenters. The van der Waals surface area contributed by atoms with Gasteiger partial charge in [0.25, 0.3) is 0 Å². The molecule has 1 aliphatic heterocycles. The molecule has 2 aromatic rings. The van der Waals surface area contributed by atoms with E-state index in [4.69, 9.17) is 24.1 Å². The van der Waals surface area contributed by atoms with Gasteiger partial charge in [0.05, 0.1) is 26.3 Å². The van der Waals surface area contributed by atoms with Crippen molar-refractivity contribution in [1.82, 2.24) is 9.97 Å². The third-order valence-electron chi connectivity index (χ3n) is 5.06. The number of piperidine rings is 1. The van der Waals surface area contributed by atoms with E-state index in [0.29, 0.717) is 30.2 Å². The number of nitrogens with zero attached hydrogens (tertiary/aromatic N) is 3. The molecule has 1 aromatic heterocycles. The molecule has 0 aliphatic carbocycles. The van der Waals surface area contributed by atoms with E-state index < -0.39 is 5.97 Å². The highest BCUT2D eigenvalue weighted by atomic mass is 16.5. The first-order valence-electron chi connectivity index (χ1n) is 9.58. The van der Waals surface area contributed by atoms with Gasteiger partial charge in [-0.1, -0.05) is 0 Å². The lowest BCUT2D eigenvalue weighted by Gasteiger charge is -2.33. The van der Waals surface area contributed by atoms with Crippen LogP contribution in [-0.4, -0.2) is 68.7 Å². The lowest BCUT2D eigenvalue weighted by molar-refractivity contribution is -0.138. The van der Waals surface area contributed by atoms with Crippen LogP contribution in [0, 0.1) is 5.92 Å². The Balaban J connectivity index is 1.95. The summed E-state index contributed by atoms with van der Waals surface area (Å²) in [5.41, 5.74) is 0.688. The fourth-order valence-electron chi connectivity index (χ4n) is 3.54. The van der Waals surface area contributed by atoms with Crippen LogP contribution in [0.15, 0.2) is 12.1 Å². The average molecular weight is 405 g/mol. The van der Waals surface area contributed by atoms with E-state index in [1.54, 1.807) is 27.4 Å². The van der Waals surface area contributed by atoms with Crippen LogP contribution in [0.5, 0.6) is 17.5 Å². The van der Waals surface area contributed by atoms with Gasteiger partial charge < -0.3 is 29.0 Å². The van der Waals surface area contributed by atoms with Gasteiger partial charge in [-0.3, -0.25) is 4.79 Å². The predicted molar refractivity (Wildman–Crippen MR) is 107 cm³/mol. The summed E-state index contributed by atoms with van der Waals surface area (Å²) in [6.45, 7) is 2.21. The van der Waals surface area contributed by atoms with Crippen LogP contribution in [0.2, 0.25) is 0 Å². The van der Waals surface area contributed by atoms with Gasteiger partial charge in [0.15, 0.2) is 11.5 Å². The molecule has 0 radical (unpaired) electrons. The monoisotopic (exact) mass is 405 g/mol. The number of aliphatic carboxylic acids is 1. The van der Waals surface area contributed by atoms with E-state index in [9.17, 15) is 4.79 Å². The first-order chi connectivity index (χ1) is 14.0. The minimum Gasteiger partial charge on any atom is -0.493 e. The van der Waals surface area contributed by atoms with Gasteiger partial charge in [0, 0.05) is 38.1 Å². The summed E-state index contributed by atoms with van der Waals surface area (Å²) < 4.78 is 21.5. The van der Waals surface area contributed by atoms with Crippen molar-refractivity contribution in [3.63, 3.8) is 0 Å². The van der Waals surface area contributed by atoms with E-state index >= 15 is 0 Å². The summed E-state index contributed by atoms with van der Waals surface area (Å²) >= 11 is 0. The summed E-state index contributed by atoms with van der Waals surface area (Å²) in [6.07, 6.45) is 1.80. The van der Waals surface area contributed by atoms with Crippen LogP contribution in [0.3, 0.4) is 0 Å². The highest BCUT2D eigenvalue weighted by molar-refractivity contribution is 5.92. The molecule has 9 nitrogen and oxygen atoms in total. The number of ether oxygens (including phenoxy) is 4. The molecule has 0 atom stereocenters. The van der Waals surface area contributed by atoms with Crippen molar-refractivity contribution in [3.05, 3.63) is 12.1 Å². The van der Waals surface area contributed by atoms with Crippen molar-refractivity contribution in [2.24, 2.45) is 5.92 Å². The number of fused-ring (bicyclic) bond motifs is 1. The summed E-state index contributed by atoms with van der Waals surface area (Å²) in [5.74, 6) is 1.36. The second-order valence-corrected chi connectivity index (χ2v) is 6.92. The summed E-state index contributed by atoms with van der Waals surface area (Å²) in [7, 11) is 4.77. The van der Waals surface area contributed by atoms with E-state index in [2.05, 4.69) is 14.9 Å². The van der Waals surface area contributed by atoms with Crippen molar-refractivity contribution < 1.29 is 28.8 Å². The Morgan fingerprint density at radius 1 is 1.10 bits per heavy atom. The lowest BCUT2D eigenvalue weighted by Crippen LogP contribution is -2.35. The Bertz CT molecular complexity index is 852. The molecule has 3 rings (SSSR count). The van der Waals surface area contributed by atoms with Gasteiger partial charge in [-0.25, -0.2) is 0 Å². The highest BCUT2D eigenvalue weighted by Gasteiger charge is 2.25. The Morgan fingerprint density at radius 3 is 2.41 bits per heavy atom. The molecule has 29 heavy (non-hydrogen) atoms. The van der Waals surface area contributed by atoms with Crippen LogP contribution in [0.25, 0.3) is 10.9 Å². The minimum atomic E-state index is -0.749. The molecule has 2 heterocycles. The van der Waals surface area contributed by atoms with Crippen LogP contribution < -0.4 is 19.1 Å². The Labute approximate surface area is 169 Å². The van der Waals surface area contributed by atoms with Crippen LogP contribution >= 0.6 is 0 Å². The minimum absolute atomic E-state index is 0.184. The van der Waals surface area contributed by atoms with Crippen LogP contribution in [0.4, 0.5) is 5.82 Å². The summed E-state index contributed by atoms with van der Waals surface area (Å²) in [5, 5.41) is 9.88. The molecule has 1 aliphatic rings. The molecular weight excluding hydrogens is 378 g/mol. The number of carboxylic acid groups (broad SMARTS) is 1. The SMILES string of the molecule is COCCOc1nc(N2CCC(CC(=O)O)CC2)c2cc(OC)c(OC)cc2n1. The number of hydrogen-bond acceptors (Lipinski definition) is 8. The molecule has 1 fully saturated rings. The summed E-state index contributed by atoms with van der Waals surface area (Å²) in [6, 6.07) is 3.94. The molecule has 9 heteroatoms. The quantitative estimate of drug-likeness (QED) is 0.630.